The van der Waals surface area contributed by atoms with E-state index < -0.39 is 17.5 Å². The van der Waals surface area contributed by atoms with Crippen LogP contribution < -0.4 is 0 Å². The van der Waals surface area contributed by atoms with Crippen LogP contribution in [0.5, 0.6) is 0 Å². The van der Waals surface area contributed by atoms with E-state index in [1.165, 1.54) is 0 Å². The molecular weight excluding hydrogens is 323 g/mol. The van der Waals surface area contributed by atoms with Crippen LogP contribution in [-0.2, 0) is 19.3 Å². The quantitative estimate of drug-likeness (QED) is 0.448. The van der Waals surface area contributed by atoms with Gasteiger partial charge in [0.15, 0.2) is 6.29 Å². The molecule has 1 fully saturated rings. The number of carbonyl (C=O) groups excluding carboxylic acids is 1. The Morgan fingerprint density at radius 2 is 2.00 bits per heavy atom. The molecule has 1 rings (SSSR count). The van der Waals surface area contributed by atoms with E-state index in [1.54, 1.807) is 6.92 Å². The first-order valence-corrected chi connectivity index (χ1v) is 6.91. The summed E-state index contributed by atoms with van der Waals surface area (Å²) >= 11 is 2.27. The summed E-state index contributed by atoms with van der Waals surface area (Å²) in [5.41, 5.74) is -0.881. The Balaban J connectivity index is 2.60. The number of hydrogen-bond acceptors (Lipinski definition) is 4. The van der Waals surface area contributed by atoms with Crippen molar-refractivity contribution in [1.82, 2.24) is 0 Å². The van der Waals surface area contributed by atoms with Gasteiger partial charge in [-0.15, -0.1) is 0 Å². The van der Waals surface area contributed by atoms with Crippen LogP contribution in [0.25, 0.3) is 0 Å². The molecule has 0 aliphatic carbocycles. The van der Waals surface area contributed by atoms with Gasteiger partial charge in [-0.25, -0.2) is 9.78 Å². The highest BCUT2D eigenvalue weighted by molar-refractivity contribution is 14.1. The van der Waals surface area contributed by atoms with Gasteiger partial charge in [0.1, 0.15) is 17.0 Å². The van der Waals surface area contributed by atoms with E-state index in [9.17, 15) is 4.79 Å². The second-order valence-electron chi connectivity index (χ2n) is 4.84. The summed E-state index contributed by atoms with van der Waals surface area (Å²) in [7, 11) is 0. The van der Waals surface area contributed by atoms with Gasteiger partial charge in [-0.1, -0.05) is 22.6 Å². The SMILES string of the molecule is CC(=O)CCC1OOC(C)(C)C(C)(CI)O1. The van der Waals surface area contributed by atoms with Crippen molar-refractivity contribution in [3.63, 3.8) is 0 Å². The van der Waals surface area contributed by atoms with Crippen LogP contribution in [0.4, 0.5) is 0 Å². The van der Waals surface area contributed by atoms with E-state index >= 15 is 0 Å². The predicted molar refractivity (Wildman–Crippen MR) is 68.3 cm³/mol. The maximum Gasteiger partial charge on any atom is 0.192 e. The summed E-state index contributed by atoms with van der Waals surface area (Å²) < 4.78 is 6.69. The average molecular weight is 342 g/mol. The molecule has 0 saturated carbocycles. The Hall–Kier alpha value is 0.280. The number of ketones is 1. The highest BCUT2D eigenvalue weighted by atomic mass is 127. The molecule has 2 unspecified atom stereocenters. The highest BCUT2D eigenvalue weighted by Crippen LogP contribution is 2.37. The molecule has 94 valence electrons. The predicted octanol–water partition coefficient (Wildman–Crippen LogP) is 2.63. The first kappa shape index (κ1) is 14.3. The number of Topliss-reactive ketones (excluding diaryl/α,β-unsaturated/α-hetero) is 1. The van der Waals surface area contributed by atoms with Gasteiger partial charge in [0.05, 0.1) is 0 Å². The van der Waals surface area contributed by atoms with Gasteiger partial charge in [-0.2, -0.15) is 0 Å². The number of rotatable bonds is 4. The van der Waals surface area contributed by atoms with E-state index in [4.69, 9.17) is 14.5 Å². The fraction of sp³-hybridized carbons (Fsp3) is 0.909. The van der Waals surface area contributed by atoms with Crippen molar-refractivity contribution in [2.75, 3.05) is 4.43 Å². The molecule has 2 atom stereocenters. The third-order valence-electron chi connectivity index (χ3n) is 3.02. The van der Waals surface area contributed by atoms with Crippen molar-refractivity contribution in [3.8, 4) is 0 Å². The number of ether oxygens (including phenoxy) is 1. The van der Waals surface area contributed by atoms with Crippen LogP contribution in [-0.4, -0.2) is 27.7 Å². The molecule has 1 aliphatic heterocycles. The summed E-state index contributed by atoms with van der Waals surface area (Å²) in [5, 5.41) is 0. The van der Waals surface area contributed by atoms with Crippen molar-refractivity contribution in [1.29, 1.82) is 0 Å². The van der Waals surface area contributed by atoms with E-state index in [0.717, 1.165) is 4.43 Å². The Morgan fingerprint density at radius 3 is 2.50 bits per heavy atom. The van der Waals surface area contributed by atoms with Crippen LogP contribution in [0, 0.1) is 0 Å². The molecule has 0 spiro atoms. The second-order valence-corrected chi connectivity index (χ2v) is 5.61. The van der Waals surface area contributed by atoms with Gasteiger partial charge in [0.25, 0.3) is 0 Å². The average Bonchev–Trinajstić information content (AvgIpc) is 2.20. The van der Waals surface area contributed by atoms with Gasteiger partial charge in [0.2, 0.25) is 0 Å². The van der Waals surface area contributed by atoms with Crippen LogP contribution >= 0.6 is 22.6 Å². The third kappa shape index (κ3) is 3.15. The van der Waals surface area contributed by atoms with Gasteiger partial charge < -0.3 is 9.53 Å². The highest BCUT2D eigenvalue weighted by Gasteiger charge is 2.49. The molecule has 0 aromatic heterocycles. The first-order valence-electron chi connectivity index (χ1n) is 5.38. The number of carbonyl (C=O) groups is 1. The Morgan fingerprint density at radius 1 is 1.38 bits per heavy atom. The van der Waals surface area contributed by atoms with Gasteiger partial charge in [0, 0.05) is 17.3 Å². The Kier molecular flexibility index (Phi) is 4.74. The van der Waals surface area contributed by atoms with Crippen LogP contribution in [0.2, 0.25) is 0 Å². The van der Waals surface area contributed by atoms with E-state index in [-0.39, 0.29) is 5.78 Å². The molecule has 0 radical (unpaired) electrons. The van der Waals surface area contributed by atoms with Gasteiger partial charge in [-0.3, -0.25) is 0 Å². The number of hydrogen-bond donors (Lipinski definition) is 0. The standard InChI is InChI=1S/C11H19IO4/c1-8(13)5-6-9-14-11(4,7-12)10(2,3)16-15-9/h9H,5-7H2,1-4H3. The lowest BCUT2D eigenvalue weighted by Crippen LogP contribution is -2.59. The van der Waals surface area contributed by atoms with Crippen LogP contribution in [0.15, 0.2) is 0 Å². The topological polar surface area (TPSA) is 44.8 Å². The van der Waals surface area contributed by atoms with Crippen molar-refractivity contribution in [3.05, 3.63) is 0 Å². The van der Waals surface area contributed by atoms with Crippen molar-refractivity contribution in [2.45, 2.75) is 58.0 Å². The molecule has 16 heavy (non-hydrogen) atoms. The molecule has 4 nitrogen and oxygen atoms in total. The van der Waals surface area contributed by atoms with Crippen LogP contribution in [0.3, 0.4) is 0 Å². The second kappa shape index (κ2) is 5.29. The maximum atomic E-state index is 10.9. The minimum Gasteiger partial charge on any atom is -0.339 e. The smallest absolute Gasteiger partial charge is 0.192 e. The monoisotopic (exact) mass is 342 g/mol. The molecule has 1 aliphatic rings. The molecule has 1 heterocycles. The maximum absolute atomic E-state index is 10.9. The Bertz CT molecular complexity index is 267. The fourth-order valence-corrected chi connectivity index (χ4v) is 2.43. The summed E-state index contributed by atoms with van der Waals surface area (Å²) in [4.78, 5) is 21.4. The third-order valence-corrected chi connectivity index (χ3v) is 4.47. The molecule has 0 aromatic rings. The fourth-order valence-electron chi connectivity index (χ4n) is 1.33. The van der Waals surface area contributed by atoms with Crippen molar-refractivity contribution in [2.24, 2.45) is 0 Å². The normalized spacial score (nSPS) is 33.7. The molecule has 0 amide bonds. The van der Waals surface area contributed by atoms with Crippen molar-refractivity contribution < 1.29 is 19.3 Å². The van der Waals surface area contributed by atoms with E-state index in [1.807, 2.05) is 20.8 Å². The number of halogens is 1. The van der Waals surface area contributed by atoms with Crippen LogP contribution in [0.1, 0.15) is 40.5 Å². The zero-order valence-electron chi connectivity index (χ0n) is 10.2. The molecule has 5 heteroatoms. The van der Waals surface area contributed by atoms with E-state index in [0.29, 0.717) is 12.8 Å². The van der Waals surface area contributed by atoms with Gasteiger partial charge in [-0.05, 0) is 27.7 Å². The zero-order valence-corrected chi connectivity index (χ0v) is 12.4. The molecule has 0 aromatic carbocycles. The van der Waals surface area contributed by atoms with Gasteiger partial charge >= 0.3 is 0 Å². The lowest BCUT2D eigenvalue weighted by atomic mass is 9.89. The Labute approximate surface area is 110 Å². The zero-order chi connectivity index (χ0) is 12.4. The summed E-state index contributed by atoms with van der Waals surface area (Å²) in [6, 6.07) is 0. The van der Waals surface area contributed by atoms with Crippen molar-refractivity contribution >= 4 is 28.4 Å². The minimum absolute atomic E-state index is 0.133. The number of alkyl halides is 1. The minimum atomic E-state index is -0.485. The summed E-state index contributed by atoms with van der Waals surface area (Å²) in [6.07, 6.45) is 0.542. The molecule has 1 saturated heterocycles. The lowest BCUT2D eigenvalue weighted by Gasteiger charge is -2.47. The van der Waals surface area contributed by atoms with E-state index in [2.05, 4.69) is 22.6 Å². The largest absolute Gasteiger partial charge is 0.339 e. The summed E-state index contributed by atoms with van der Waals surface area (Å²) in [6.45, 7) is 7.44. The summed E-state index contributed by atoms with van der Waals surface area (Å²) in [5.74, 6) is 0.133. The lowest BCUT2D eigenvalue weighted by molar-refractivity contribution is -0.498. The molecule has 0 N–H and O–H groups in total. The molecule has 0 bridgehead atoms. The molecular formula is C11H19IO4. The first-order chi connectivity index (χ1) is 7.31.